The van der Waals surface area contributed by atoms with Gasteiger partial charge in [0.2, 0.25) is 5.91 Å². The topological polar surface area (TPSA) is 69.6 Å². The number of carboxylic acids is 1. The van der Waals surface area contributed by atoms with Crippen molar-refractivity contribution in [1.82, 2.24) is 10.2 Å². The molecule has 0 aromatic rings. The lowest BCUT2D eigenvalue weighted by atomic mass is 9.94. The first-order chi connectivity index (χ1) is 9.91. The Balaban J connectivity index is 5.26. The maximum Gasteiger partial charge on any atom is 0.326 e. The molecule has 1 amide bonds. The van der Waals surface area contributed by atoms with E-state index in [9.17, 15) is 14.7 Å². The third kappa shape index (κ3) is 6.34. The first-order valence-corrected chi connectivity index (χ1v) is 8.21. The van der Waals surface area contributed by atoms with Crippen molar-refractivity contribution in [2.45, 2.75) is 79.4 Å². The Kier molecular flexibility index (Phi) is 8.09. The van der Waals surface area contributed by atoms with Crippen LogP contribution < -0.4 is 5.32 Å². The number of carbonyl (C=O) groups excluding carboxylic acids is 1. The van der Waals surface area contributed by atoms with E-state index in [-0.39, 0.29) is 29.3 Å². The summed E-state index contributed by atoms with van der Waals surface area (Å²) in [6, 6.07) is -1.16. The highest BCUT2D eigenvalue weighted by molar-refractivity contribution is 5.87. The predicted molar refractivity (Wildman–Crippen MR) is 89.8 cm³/mol. The highest BCUT2D eigenvalue weighted by atomic mass is 16.4. The van der Waals surface area contributed by atoms with Crippen molar-refractivity contribution in [3.8, 4) is 0 Å². The quantitative estimate of drug-likeness (QED) is 0.723. The number of aliphatic carboxylic acids is 1. The summed E-state index contributed by atoms with van der Waals surface area (Å²) in [6.07, 6.45) is 0.438. The molecule has 2 unspecified atom stereocenters. The molecule has 5 heteroatoms. The van der Waals surface area contributed by atoms with Crippen molar-refractivity contribution >= 4 is 11.9 Å². The number of nitrogens with zero attached hydrogens (tertiary/aromatic N) is 1. The minimum Gasteiger partial charge on any atom is -0.480 e. The summed E-state index contributed by atoms with van der Waals surface area (Å²) in [7, 11) is 0. The number of rotatable bonds is 8. The van der Waals surface area contributed by atoms with Gasteiger partial charge in [-0.3, -0.25) is 9.69 Å². The Morgan fingerprint density at radius 2 is 1.64 bits per heavy atom. The third-order valence-corrected chi connectivity index (χ3v) is 3.76. The minimum absolute atomic E-state index is 0.104. The van der Waals surface area contributed by atoms with Gasteiger partial charge in [-0.05, 0) is 45.6 Å². The van der Waals surface area contributed by atoms with Crippen LogP contribution in [0.5, 0.6) is 0 Å². The number of hydrogen-bond donors (Lipinski definition) is 2. The number of amides is 1. The molecule has 0 heterocycles. The van der Waals surface area contributed by atoms with Crippen LogP contribution in [0.1, 0.15) is 61.8 Å². The standard InChI is InChI=1S/C17H34N2O3/c1-9-19(17(6,7)8)14(12(4)5)15(20)18-13(16(21)22)10-11(2)3/h11-14H,9-10H2,1-8H3,(H,18,20)(H,21,22). The molecule has 130 valence electrons. The number of carbonyl (C=O) groups is 2. The summed E-state index contributed by atoms with van der Waals surface area (Å²) in [4.78, 5) is 26.2. The molecule has 0 radical (unpaired) electrons. The van der Waals surface area contributed by atoms with Gasteiger partial charge in [-0.25, -0.2) is 4.79 Å². The second-order valence-electron chi connectivity index (χ2n) is 7.67. The van der Waals surface area contributed by atoms with E-state index in [1.807, 2.05) is 34.6 Å². The van der Waals surface area contributed by atoms with Crippen LogP contribution in [0.2, 0.25) is 0 Å². The van der Waals surface area contributed by atoms with Crippen LogP contribution in [0, 0.1) is 11.8 Å². The Morgan fingerprint density at radius 3 is 1.91 bits per heavy atom. The van der Waals surface area contributed by atoms with Crippen LogP contribution >= 0.6 is 0 Å². The zero-order chi connectivity index (χ0) is 17.7. The highest BCUT2D eigenvalue weighted by Gasteiger charge is 2.36. The number of likely N-dealkylation sites (N-methyl/N-ethyl adjacent to an activating group) is 1. The molecule has 0 aromatic carbocycles. The van der Waals surface area contributed by atoms with Crippen molar-refractivity contribution in [2.24, 2.45) is 11.8 Å². The van der Waals surface area contributed by atoms with Gasteiger partial charge in [0.05, 0.1) is 6.04 Å². The van der Waals surface area contributed by atoms with Crippen molar-refractivity contribution in [1.29, 1.82) is 0 Å². The van der Waals surface area contributed by atoms with Gasteiger partial charge in [-0.15, -0.1) is 0 Å². The van der Waals surface area contributed by atoms with Gasteiger partial charge in [-0.2, -0.15) is 0 Å². The van der Waals surface area contributed by atoms with E-state index >= 15 is 0 Å². The molecule has 0 aliphatic carbocycles. The van der Waals surface area contributed by atoms with Crippen LogP contribution in [0.3, 0.4) is 0 Å². The van der Waals surface area contributed by atoms with E-state index < -0.39 is 12.0 Å². The predicted octanol–water partition coefficient (Wildman–Crippen LogP) is 2.75. The maximum atomic E-state index is 12.7. The summed E-state index contributed by atoms with van der Waals surface area (Å²) in [6.45, 7) is 16.9. The highest BCUT2D eigenvalue weighted by Crippen LogP contribution is 2.22. The summed E-state index contributed by atoms with van der Waals surface area (Å²) in [5, 5.41) is 12.1. The monoisotopic (exact) mass is 314 g/mol. The number of hydrogen-bond acceptors (Lipinski definition) is 3. The largest absolute Gasteiger partial charge is 0.480 e. The van der Waals surface area contributed by atoms with Crippen molar-refractivity contribution in [2.75, 3.05) is 6.54 Å². The SMILES string of the molecule is CCN(C(C(=O)NC(CC(C)C)C(=O)O)C(C)C)C(C)(C)C. The van der Waals surface area contributed by atoms with E-state index in [2.05, 4.69) is 31.0 Å². The molecular formula is C17H34N2O3. The second-order valence-corrected chi connectivity index (χ2v) is 7.67. The number of nitrogens with one attached hydrogen (secondary N) is 1. The van der Waals surface area contributed by atoms with Gasteiger partial charge in [0.15, 0.2) is 0 Å². The van der Waals surface area contributed by atoms with Gasteiger partial charge in [-0.1, -0.05) is 34.6 Å². The van der Waals surface area contributed by atoms with Gasteiger partial charge >= 0.3 is 5.97 Å². The zero-order valence-electron chi connectivity index (χ0n) is 15.4. The molecule has 0 aliphatic heterocycles. The Morgan fingerprint density at radius 1 is 1.14 bits per heavy atom. The van der Waals surface area contributed by atoms with Gasteiger partial charge in [0.25, 0.3) is 0 Å². The lowest BCUT2D eigenvalue weighted by Crippen LogP contribution is -2.58. The average molecular weight is 314 g/mol. The van der Waals surface area contributed by atoms with E-state index in [1.165, 1.54) is 0 Å². The van der Waals surface area contributed by atoms with Crippen LogP contribution in [-0.4, -0.2) is 46.1 Å². The van der Waals surface area contributed by atoms with Gasteiger partial charge in [0.1, 0.15) is 6.04 Å². The van der Waals surface area contributed by atoms with Gasteiger partial charge < -0.3 is 10.4 Å². The van der Waals surface area contributed by atoms with Crippen LogP contribution in [0.15, 0.2) is 0 Å². The van der Waals surface area contributed by atoms with Crippen molar-refractivity contribution in [3.63, 3.8) is 0 Å². The normalized spacial score (nSPS) is 15.2. The van der Waals surface area contributed by atoms with Crippen LogP contribution in [-0.2, 0) is 9.59 Å². The zero-order valence-corrected chi connectivity index (χ0v) is 15.4. The molecule has 5 nitrogen and oxygen atoms in total. The molecule has 22 heavy (non-hydrogen) atoms. The second kappa shape index (κ2) is 8.51. The van der Waals surface area contributed by atoms with E-state index in [0.29, 0.717) is 6.42 Å². The fraction of sp³-hybridized carbons (Fsp3) is 0.882. The summed E-state index contributed by atoms with van der Waals surface area (Å²) in [5.74, 6) is -0.848. The minimum atomic E-state index is -0.969. The fourth-order valence-electron chi connectivity index (χ4n) is 2.84. The smallest absolute Gasteiger partial charge is 0.326 e. The summed E-state index contributed by atoms with van der Waals surface area (Å²) in [5.41, 5.74) is -0.155. The van der Waals surface area contributed by atoms with Crippen molar-refractivity contribution in [3.05, 3.63) is 0 Å². The molecule has 2 atom stereocenters. The summed E-state index contributed by atoms with van der Waals surface area (Å²) >= 11 is 0. The molecule has 0 aliphatic rings. The first kappa shape index (κ1) is 20.9. The van der Waals surface area contributed by atoms with Crippen LogP contribution in [0.4, 0.5) is 0 Å². The summed E-state index contributed by atoms with van der Waals surface area (Å²) < 4.78 is 0. The third-order valence-electron chi connectivity index (χ3n) is 3.76. The average Bonchev–Trinajstić information content (AvgIpc) is 2.31. The lowest BCUT2D eigenvalue weighted by molar-refractivity contribution is -0.144. The molecule has 0 spiro atoms. The fourth-order valence-corrected chi connectivity index (χ4v) is 2.84. The molecule has 0 fully saturated rings. The van der Waals surface area contributed by atoms with E-state index in [1.54, 1.807) is 0 Å². The molecule has 0 saturated carbocycles. The molecular weight excluding hydrogens is 280 g/mol. The van der Waals surface area contributed by atoms with E-state index in [4.69, 9.17) is 0 Å². The van der Waals surface area contributed by atoms with Crippen molar-refractivity contribution < 1.29 is 14.7 Å². The maximum absolute atomic E-state index is 12.7. The molecule has 0 bridgehead atoms. The molecule has 2 N–H and O–H groups in total. The molecule has 0 saturated heterocycles. The Labute approximate surface area is 135 Å². The lowest BCUT2D eigenvalue weighted by Gasteiger charge is -2.42. The van der Waals surface area contributed by atoms with Gasteiger partial charge in [0, 0.05) is 5.54 Å². The first-order valence-electron chi connectivity index (χ1n) is 8.21. The Bertz CT molecular complexity index is 373. The number of carboxylic acid groups (broad SMARTS) is 1. The Hall–Kier alpha value is -1.10. The molecule has 0 rings (SSSR count). The molecule has 0 aromatic heterocycles. The van der Waals surface area contributed by atoms with Crippen LogP contribution in [0.25, 0.3) is 0 Å². The van der Waals surface area contributed by atoms with E-state index in [0.717, 1.165) is 6.54 Å².